The molecule has 20 heavy (non-hydrogen) atoms. The summed E-state index contributed by atoms with van der Waals surface area (Å²) in [6.07, 6.45) is 8.23. The maximum atomic E-state index is 2.36. The monoisotopic (exact) mass is 292 g/mol. The molecule has 0 aliphatic rings. The lowest BCUT2D eigenvalue weighted by Crippen LogP contribution is -1.92. The van der Waals surface area contributed by atoms with Crippen LogP contribution in [0.2, 0.25) is 0 Å². The van der Waals surface area contributed by atoms with Crippen LogP contribution in [0.15, 0.2) is 0 Å². The zero-order chi connectivity index (χ0) is 17.8. The van der Waals surface area contributed by atoms with Gasteiger partial charge in [0, 0.05) is 0 Å². The molecule has 0 radical (unpaired) electrons. The van der Waals surface area contributed by atoms with E-state index in [1.165, 1.54) is 38.5 Å². The van der Waals surface area contributed by atoms with Gasteiger partial charge in [-0.05, 0) is 5.92 Å². The fourth-order valence-electron chi connectivity index (χ4n) is 1.19. The standard InChI is InChI=1S/C9H20.C3H8.4C2H6/c1-4-6-8-9(3)7-5-2;1-3-2;4*1-2/h9H,4-8H2,1-3H3;3H2,1-2H3;4*1-2H3. The van der Waals surface area contributed by atoms with E-state index >= 15 is 0 Å². The normalized spacial score (nSPS) is 8.25. The molecule has 0 saturated carbocycles. The summed E-state index contributed by atoms with van der Waals surface area (Å²) in [5.41, 5.74) is 0. The van der Waals surface area contributed by atoms with Crippen LogP contribution in [0, 0.1) is 5.92 Å². The van der Waals surface area contributed by atoms with Crippen molar-refractivity contribution >= 4 is 0 Å². The third-order valence-corrected chi connectivity index (χ3v) is 1.83. The molecule has 0 aromatic heterocycles. The van der Waals surface area contributed by atoms with Crippen molar-refractivity contribution in [3.63, 3.8) is 0 Å². The van der Waals surface area contributed by atoms with E-state index in [2.05, 4.69) is 34.6 Å². The lowest BCUT2D eigenvalue weighted by molar-refractivity contribution is 0.466. The van der Waals surface area contributed by atoms with Crippen molar-refractivity contribution < 1.29 is 0 Å². The van der Waals surface area contributed by atoms with Crippen molar-refractivity contribution in [1.29, 1.82) is 0 Å². The Balaban J connectivity index is -0.0000000373. The van der Waals surface area contributed by atoms with Crippen molar-refractivity contribution in [1.82, 2.24) is 0 Å². The summed E-state index contributed by atoms with van der Waals surface area (Å²) in [5, 5.41) is 0. The van der Waals surface area contributed by atoms with Crippen molar-refractivity contribution in [2.24, 2.45) is 5.92 Å². The van der Waals surface area contributed by atoms with Crippen molar-refractivity contribution in [2.75, 3.05) is 0 Å². The van der Waals surface area contributed by atoms with Gasteiger partial charge in [0.15, 0.2) is 0 Å². The average molecular weight is 293 g/mol. The number of hydrogen-bond donors (Lipinski definition) is 0. The number of unbranched alkanes of at least 4 members (excludes halogenated alkanes) is 1. The van der Waals surface area contributed by atoms with Crippen molar-refractivity contribution in [3.05, 3.63) is 0 Å². The van der Waals surface area contributed by atoms with Crippen molar-refractivity contribution in [2.45, 2.75) is 129 Å². The zero-order valence-corrected chi connectivity index (χ0v) is 17.8. The van der Waals surface area contributed by atoms with Crippen LogP contribution in [0.4, 0.5) is 0 Å². The highest BCUT2D eigenvalue weighted by molar-refractivity contribution is 4.50. The zero-order valence-electron chi connectivity index (χ0n) is 17.8. The fourth-order valence-corrected chi connectivity index (χ4v) is 1.19. The van der Waals surface area contributed by atoms with Crippen LogP contribution in [0.5, 0.6) is 0 Å². The molecule has 132 valence electrons. The second kappa shape index (κ2) is 76.0. The Morgan fingerprint density at radius 2 is 0.850 bits per heavy atom. The van der Waals surface area contributed by atoms with E-state index in [0.717, 1.165) is 5.92 Å². The average Bonchev–Trinajstić information content (AvgIpc) is 2.54. The van der Waals surface area contributed by atoms with E-state index in [1.54, 1.807) is 0 Å². The molecule has 0 aromatic carbocycles. The molecule has 0 aliphatic heterocycles. The number of rotatable bonds is 5. The molecule has 0 aliphatic carbocycles. The van der Waals surface area contributed by atoms with Crippen LogP contribution in [-0.2, 0) is 0 Å². The lowest BCUT2D eigenvalue weighted by Gasteiger charge is -2.07. The Morgan fingerprint density at radius 3 is 1.05 bits per heavy atom. The van der Waals surface area contributed by atoms with Gasteiger partial charge in [-0.2, -0.15) is 0 Å². The first-order valence-electron chi connectivity index (χ1n) is 9.72. The van der Waals surface area contributed by atoms with E-state index in [1.807, 2.05) is 55.4 Å². The smallest absolute Gasteiger partial charge is 0.0443 e. The molecule has 0 bridgehead atoms. The van der Waals surface area contributed by atoms with Crippen LogP contribution in [0.1, 0.15) is 129 Å². The van der Waals surface area contributed by atoms with E-state index in [4.69, 9.17) is 0 Å². The van der Waals surface area contributed by atoms with E-state index in [0.29, 0.717) is 0 Å². The molecular formula is C20H52. The molecule has 0 fully saturated rings. The summed E-state index contributed by atoms with van der Waals surface area (Å²) < 4.78 is 0. The van der Waals surface area contributed by atoms with Gasteiger partial charge in [-0.25, -0.2) is 0 Å². The molecule has 0 heteroatoms. The molecular weight excluding hydrogens is 240 g/mol. The van der Waals surface area contributed by atoms with Crippen LogP contribution >= 0.6 is 0 Å². The molecule has 0 spiro atoms. The molecule has 0 saturated heterocycles. The second-order valence-corrected chi connectivity index (χ2v) is 3.74. The fraction of sp³-hybridized carbons (Fsp3) is 1.00. The summed E-state index contributed by atoms with van der Waals surface area (Å²) in [6.45, 7) is 27.1. The molecule has 0 heterocycles. The van der Waals surface area contributed by atoms with Crippen molar-refractivity contribution in [3.8, 4) is 0 Å². The van der Waals surface area contributed by atoms with E-state index in [-0.39, 0.29) is 0 Å². The van der Waals surface area contributed by atoms with Crippen LogP contribution < -0.4 is 0 Å². The Bertz CT molecular complexity index is 57.1. The third kappa shape index (κ3) is 106. The molecule has 0 rings (SSSR count). The van der Waals surface area contributed by atoms with Gasteiger partial charge < -0.3 is 0 Å². The molecule has 1 atom stereocenters. The van der Waals surface area contributed by atoms with Gasteiger partial charge in [-0.15, -0.1) is 0 Å². The summed E-state index contributed by atoms with van der Waals surface area (Å²) in [7, 11) is 0. The first kappa shape index (κ1) is 36.8. The van der Waals surface area contributed by atoms with Gasteiger partial charge in [-0.3, -0.25) is 0 Å². The first-order chi connectivity index (χ1) is 9.72. The summed E-state index contributed by atoms with van der Waals surface area (Å²) in [4.78, 5) is 0. The quantitative estimate of drug-likeness (QED) is 0.474. The Kier molecular flexibility index (Phi) is 140. The van der Waals surface area contributed by atoms with E-state index < -0.39 is 0 Å². The topological polar surface area (TPSA) is 0 Å². The Morgan fingerprint density at radius 1 is 0.550 bits per heavy atom. The van der Waals surface area contributed by atoms with Gasteiger partial charge in [0.05, 0.1) is 0 Å². The van der Waals surface area contributed by atoms with Crippen LogP contribution in [0.25, 0.3) is 0 Å². The number of hydrogen-bond acceptors (Lipinski definition) is 0. The molecule has 0 aromatic rings. The Hall–Kier alpha value is 0. The molecule has 0 amide bonds. The van der Waals surface area contributed by atoms with Crippen LogP contribution in [-0.4, -0.2) is 0 Å². The van der Waals surface area contributed by atoms with E-state index in [9.17, 15) is 0 Å². The maximum Gasteiger partial charge on any atom is -0.0443 e. The maximum absolute atomic E-state index is 2.36. The molecule has 0 N–H and O–H groups in total. The molecule has 0 nitrogen and oxygen atoms in total. The Labute approximate surface area is 135 Å². The molecule has 1 unspecified atom stereocenters. The van der Waals surface area contributed by atoms with Gasteiger partial charge >= 0.3 is 0 Å². The second-order valence-electron chi connectivity index (χ2n) is 3.74. The lowest BCUT2D eigenvalue weighted by atomic mass is 10.00. The van der Waals surface area contributed by atoms with Crippen LogP contribution in [0.3, 0.4) is 0 Å². The van der Waals surface area contributed by atoms with Gasteiger partial charge in [-0.1, -0.05) is 129 Å². The minimum atomic E-state index is 0.968. The third-order valence-electron chi connectivity index (χ3n) is 1.83. The highest BCUT2D eigenvalue weighted by atomic mass is 14.0. The predicted octanol–water partition coefficient (Wildman–Crippen LogP) is 9.13. The summed E-state index contributed by atoms with van der Waals surface area (Å²) >= 11 is 0. The highest BCUT2D eigenvalue weighted by Crippen LogP contribution is 2.12. The largest absolute Gasteiger partial charge is 0.0683 e. The summed E-state index contributed by atoms with van der Waals surface area (Å²) in [5.74, 6) is 0.968. The minimum Gasteiger partial charge on any atom is -0.0683 e. The highest BCUT2D eigenvalue weighted by Gasteiger charge is 1.97. The van der Waals surface area contributed by atoms with Gasteiger partial charge in [0.1, 0.15) is 0 Å². The first-order valence-corrected chi connectivity index (χ1v) is 9.72. The SMILES string of the molecule is CC.CC.CC.CC.CCC.CCCCC(C)CCC. The van der Waals surface area contributed by atoms with Gasteiger partial charge in [0.25, 0.3) is 0 Å². The van der Waals surface area contributed by atoms with Gasteiger partial charge in [0.2, 0.25) is 0 Å². The predicted molar refractivity (Wildman–Crippen MR) is 105 cm³/mol. The minimum absolute atomic E-state index is 0.968. The summed E-state index contributed by atoms with van der Waals surface area (Å²) in [6, 6.07) is 0.